The van der Waals surface area contributed by atoms with Gasteiger partial charge in [-0.15, -0.1) is 0 Å². The summed E-state index contributed by atoms with van der Waals surface area (Å²) in [5.74, 6) is 0.441. The van der Waals surface area contributed by atoms with Gasteiger partial charge in [0.15, 0.2) is 0 Å². The highest BCUT2D eigenvalue weighted by molar-refractivity contribution is 5.95. The SMILES string of the molecule is COc1ccc(N)c(C(=O)OC(C)C(C)C)c1. The number of hydrogen-bond acceptors (Lipinski definition) is 4. The molecule has 1 aromatic carbocycles. The molecule has 1 unspecified atom stereocenters. The van der Waals surface area contributed by atoms with E-state index in [1.54, 1.807) is 18.2 Å². The molecule has 0 saturated heterocycles. The van der Waals surface area contributed by atoms with Crippen molar-refractivity contribution in [3.05, 3.63) is 23.8 Å². The number of esters is 1. The zero-order chi connectivity index (χ0) is 13.0. The van der Waals surface area contributed by atoms with Gasteiger partial charge < -0.3 is 15.2 Å². The molecule has 17 heavy (non-hydrogen) atoms. The summed E-state index contributed by atoms with van der Waals surface area (Å²) in [6, 6.07) is 4.93. The highest BCUT2D eigenvalue weighted by atomic mass is 16.5. The second-order valence-corrected chi connectivity index (χ2v) is 4.31. The molecule has 0 aliphatic carbocycles. The Morgan fingerprint density at radius 3 is 2.47 bits per heavy atom. The molecule has 0 saturated carbocycles. The normalized spacial score (nSPS) is 12.3. The van der Waals surface area contributed by atoms with Crippen LogP contribution in [0.3, 0.4) is 0 Å². The number of nitrogen functional groups attached to an aromatic ring is 1. The van der Waals surface area contributed by atoms with Gasteiger partial charge in [0.2, 0.25) is 0 Å². The fourth-order valence-corrected chi connectivity index (χ4v) is 1.21. The minimum Gasteiger partial charge on any atom is -0.497 e. The van der Waals surface area contributed by atoms with Crippen LogP contribution in [0.4, 0.5) is 5.69 Å². The molecule has 0 aromatic heterocycles. The lowest BCUT2D eigenvalue weighted by molar-refractivity contribution is 0.0239. The first-order valence-corrected chi connectivity index (χ1v) is 5.60. The molecular weight excluding hydrogens is 218 g/mol. The van der Waals surface area contributed by atoms with Crippen molar-refractivity contribution in [2.24, 2.45) is 5.92 Å². The summed E-state index contributed by atoms with van der Waals surface area (Å²) >= 11 is 0. The van der Waals surface area contributed by atoms with Crippen LogP contribution in [0.5, 0.6) is 5.75 Å². The van der Waals surface area contributed by atoms with Crippen molar-refractivity contribution >= 4 is 11.7 Å². The Kier molecular flexibility index (Phi) is 4.37. The average molecular weight is 237 g/mol. The molecule has 0 spiro atoms. The van der Waals surface area contributed by atoms with E-state index >= 15 is 0 Å². The molecule has 0 bridgehead atoms. The van der Waals surface area contributed by atoms with E-state index in [1.807, 2.05) is 20.8 Å². The molecule has 0 radical (unpaired) electrons. The van der Waals surface area contributed by atoms with E-state index in [4.69, 9.17) is 15.2 Å². The number of methoxy groups -OCH3 is 1. The summed E-state index contributed by atoms with van der Waals surface area (Å²) in [6.07, 6.45) is -0.145. The van der Waals surface area contributed by atoms with Crippen LogP contribution in [0.1, 0.15) is 31.1 Å². The van der Waals surface area contributed by atoms with Crippen LogP contribution >= 0.6 is 0 Å². The number of carbonyl (C=O) groups excluding carboxylic acids is 1. The second kappa shape index (κ2) is 5.57. The smallest absolute Gasteiger partial charge is 0.340 e. The topological polar surface area (TPSA) is 61.5 Å². The Labute approximate surface area is 102 Å². The summed E-state index contributed by atoms with van der Waals surface area (Å²) in [5.41, 5.74) is 6.48. The fourth-order valence-electron chi connectivity index (χ4n) is 1.21. The zero-order valence-corrected chi connectivity index (χ0v) is 10.7. The molecule has 1 rings (SSSR count). The number of nitrogens with two attached hydrogens (primary N) is 1. The standard InChI is InChI=1S/C13H19NO3/c1-8(2)9(3)17-13(15)11-7-10(16-4)5-6-12(11)14/h5-9H,14H2,1-4H3. The highest BCUT2D eigenvalue weighted by Crippen LogP contribution is 2.21. The van der Waals surface area contributed by atoms with Crippen LogP contribution < -0.4 is 10.5 Å². The van der Waals surface area contributed by atoms with Crippen LogP contribution in [0.25, 0.3) is 0 Å². The van der Waals surface area contributed by atoms with E-state index in [1.165, 1.54) is 7.11 Å². The van der Waals surface area contributed by atoms with E-state index in [-0.39, 0.29) is 12.0 Å². The van der Waals surface area contributed by atoms with Crippen LogP contribution in [-0.2, 0) is 4.74 Å². The number of ether oxygens (including phenoxy) is 2. The average Bonchev–Trinajstić information content (AvgIpc) is 2.29. The lowest BCUT2D eigenvalue weighted by Crippen LogP contribution is -2.21. The van der Waals surface area contributed by atoms with Crippen molar-refractivity contribution in [1.82, 2.24) is 0 Å². The summed E-state index contributed by atoms with van der Waals surface area (Å²) < 4.78 is 10.4. The lowest BCUT2D eigenvalue weighted by atomic mass is 10.1. The number of hydrogen-bond donors (Lipinski definition) is 1. The molecule has 1 aromatic rings. The van der Waals surface area contributed by atoms with Crippen LogP contribution in [0, 0.1) is 5.92 Å². The van der Waals surface area contributed by atoms with Crippen molar-refractivity contribution in [3.63, 3.8) is 0 Å². The second-order valence-electron chi connectivity index (χ2n) is 4.31. The molecule has 4 heteroatoms. The number of rotatable bonds is 4. The van der Waals surface area contributed by atoms with E-state index in [0.717, 1.165) is 0 Å². The van der Waals surface area contributed by atoms with Gasteiger partial charge in [-0.2, -0.15) is 0 Å². The first-order chi connectivity index (χ1) is 7.95. The molecule has 4 nitrogen and oxygen atoms in total. The van der Waals surface area contributed by atoms with Crippen LogP contribution in [-0.4, -0.2) is 19.2 Å². The summed E-state index contributed by atoms with van der Waals surface area (Å²) in [7, 11) is 1.54. The Hall–Kier alpha value is -1.71. The van der Waals surface area contributed by atoms with E-state index in [0.29, 0.717) is 17.0 Å². The summed E-state index contributed by atoms with van der Waals surface area (Å²) in [6.45, 7) is 5.85. The van der Waals surface area contributed by atoms with Gasteiger partial charge in [-0.3, -0.25) is 0 Å². The Morgan fingerprint density at radius 2 is 1.94 bits per heavy atom. The minimum atomic E-state index is -0.414. The van der Waals surface area contributed by atoms with Gasteiger partial charge >= 0.3 is 5.97 Å². The summed E-state index contributed by atoms with van der Waals surface area (Å²) in [4.78, 5) is 11.9. The van der Waals surface area contributed by atoms with Crippen LogP contribution in [0.15, 0.2) is 18.2 Å². The Bertz CT molecular complexity index is 402. The molecule has 1 atom stereocenters. The number of benzene rings is 1. The fraction of sp³-hybridized carbons (Fsp3) is 0.462. The largest absolute Gasteiger partial charge is 0.497 e. The van der Waals surface area contributed by atoms with Crippen molar-refractivity contribution in [1.29, 1.82) is 0 Å². The van der Waals surface area contributed by atoms with E-state index < -0.39 is 5.97 Å². The molecule has 0 amide bonds. The van der Waals surface area contributed by atoms with Crippen molar-refractivity contribution in [2.75, 3.05) is 12.8 Å². The molecule has 94 valence electrons. The predicted molar refractivity (Wildman–Crippen MR) is 67.1 cm³/mol. The van der Waals surface area contributed by atoms with Gasteiger partial charge in [-0.1, -0.05) is 13.8 Å². The van der Waals surface area contributed by atoms with Crippen molar-refractivity contribution in [3.8, 4) is 5.75 Å². The third-order valence-electron chi connectivity index (χ3n) is 2.71. The van der Waals surface area contributed by atoms with E-state index in [2.05, 4.69) is 0 Å². The third kappa shape index (κ3) is 3.37. The maximum atomic E-state index is 11.9. The first kappa shape index (κ1) is 13.4. The van der Waals surface area contributed by atoms with Gasteiger partial charge in [0, 0.05) is 5.69 Å². The number of anilines is 1. The molecule has 0 aliphatic rings. The molecule has 0 aliphatic heterocycles. The van der Waals surface area contributed by atoms with Crippen LogP contribution in [0.2, 0.25) is 0 Å². The maximum absolute atomic E-state index is 11.9. The van der Waals surface area contributed by atoms with Crippen molar-refractivity contribution in [2.45, 2.75) is 26.9 Å². The van der Waals surface area contributed by atoms with Crippen molar-refractivity contribution < 1.29 is 14.3 Å². The lowest BCUT2D eigenvalue weighted by Gasteiger charge is -2.17. The molecule has 0 fully saturated rings. The third-order valence-corrected chi connectivity index (χ3v) is 2.71. The monoisotopic (exact) mass is 237 g/mol. The Balaban J connectivity index is 2.88. The highest BCUT2D eigenvalue weighted by Gasteiger charge is 2.17. The molecule has 0 heterocycles. The first-order valence-electron chi connectivity index (χ1n) is 5.60. The quantitative estimate of drug-likeness (QED) is 0.645. The summed E-state index contributed by atoms with van der Waals surface area (Å²) in [5, 5.41) is 0. The zero-order valence-electron chi connectivity index (χ0n) is 10.7. The Morgan fingerprint density at radius 1 is 1.29 bits per heavy atom. The van der Waals surface area contributed by atoms with Gasteiger partial charge in [0.05, 0.1) is 12.7 Å². The molecular formula is C13H19NO3. The van der Waals surface area contributed by atoms with Gasteiger partial charge in [-0.05, 0) is 31.0 Å². The van der Waals surface area contributed by atoms with Gasteiger partial charge in [0.25, 0.3) is 0 Å². The number of carbonyl (C=O) groups is 1. The predicted octanol–water partition coefficient (Wildman–Crippen LogP) is 2.48. The minimum absolute atomic E-state index is 0.145. The van der Waals surface area contributed by atoms with Gasteiger partial charge in [0.1, 0.15) is 11.9 Å². The maximum Gasteiger partial charge on any atom is 0.340 e. The van der Waals surface area contributed by atoms with Gasteiger partial charge in [-0.25, -0.2) is 4.79 Å². The van der Waals surface area contributed by atoms with E-state index in [9.17, 15) is 4.79 Å². The molecule has 2 N–H and O–H groups in total.